The van der Waals surface area contributed by atoms with Crippen LogP contribution in [0.4, 0.5) is 5.69 Å². The van der Waals surface area contributed by atoms with Crippen molar-refractivity contribution in [3.63, 3.8) is 0 Å². The van der Waals surface area contributed by atoms with E-state index in [-0.39, 0.29) is 36.8 Å². The Labute approximate surface area is 155 Å². The number of oxime groups is 1. The van der Waals surface area contributed by atoms with E-state index in [1.54, 1.807) is 19.1 Å². The molecule has 0 radical (unpaired) electrons. The lowest BCUT2D eigenvalue weighted by molar-refractivity contribution is -0.386. The first-order valence-electron chi connectivity index (χ1n) is 8.43. The molecule has 0 saturated carbocycles. The Morgan fingerprint density at radius 2 is 2.07 bits per heavy atom. The molecule has 8 nitrogen and oxygen atoms in total. The van der Waals surface area contributed by atoms with E-state index in [0.717, 1.165) is 5.56 Å². The van der Waals surface area contributed by atoms with Crippen LogP contribution in [0, 0.1) is 10.1 Å². The van der Waals surface area contributed by atoms with Gasteiger partial charge in [-0.25, -0.2) is 4.79 Å². The summed E-state index contributed by atoms with van der Waals surface area (Å²) < 4.78 is 10.6. The van der Waals surface area contributed by atoms with E-state index < -0.39 is 17.0 Å². The van der Waals surface area contributed by atoms with Gasteiger partial charge in [0.15, 0.2) is 17.6 Å². The van der Waals surface area contributed by atoms with Crippen molar-refractivity contribution < 1.29 is 24.0 Å². The fraction of sp³-hybridized carbons (Fsp3) is 0.263. The van der Waals surface area contributed by atoms with Gasteiger partial charge in [0.25, 0.3) is 0 Å². The largest absolute Gasteiger partial charge is 0.482 e. The van der Waals surface area contributed by atoms with E-state index >= 15 is 0 Å². The number of rotatable bonds is 7. The fourth-order valence-electron chi connectivity index (χ4n) is 2.62. The minimum atomic E-state index is -0.525. The zero-order valence-electron chi connectivity index (χ0n) is 14.7. The maximum atomic E-state index is 11.7. The van der Waals surface area contributed by atoms with Crippen LogP contribution in [0.5, 0.6) is 5.75 Å². The number of carbonyl (C=O) groups is 1. The van der Waals surface area contributed by atoms with E-state index in [1.807, 2.05) is 30.3 Å². The molecule has 1 aliphatic heterocycles. The first kappa shape index (κ1) is 18.4. The van der Waals surface area contributed by atoms with Crippen molar-refractivity contribution in [2.75, 3.05) is 6.61 Å². The van der Waals surface area contributed by atoms with Crippen LogP contribution in [-0.2, 0) is 21.0 Å². The van der Waals surface area contributed by atoms with E-state index in [2.05, 4.69) is 5.16 Å². The molecule has 3 rings (SSSR count). The molecule has 0 spiro atoms. The number of nitro groups is 1. The van der Waals surface area contributed by atoms with Crippen LogP contribution in [0.25, 0.3) is 0 Å². The third-order valence-electron chi connectivity index (χ3n) is 3.97. The van der Waals surface area contributed by atoms with Gasteiger partial charge >= 0.3 is 11.7 Å². The highest BCUT2D eigenvalue weighted by molar-refractivity contribution is 6.36. The number of benzene rings is 2. The first-order valence-corrected chi connectivity index (χ1v) is 8.43. The van der Waals surface area contributed by atoms with E-state index in [0.29, 0.717) is 5.56 Å². The standard InChI is InChI=1S/C19H18N2O6/c1-2-25-19(22)15-11-17(27-20-15)14-8-9-16(21(23)24)18(10-14)26-12-13-6-4-3-5-7-13/h3-10,17H,2,11-12H2,1H3. The fourth-order valence-corrected chi connectivity index (χ4v) is 2.62. The second-order valence-electron chi connectivity index (χ2n) is 5.82. The van der Waals surface area contributed by atoms with Gasteiger partial charge in [-0.2, -0.15) is 0 Å². The molecule has 0 N–H and O–H groups in total. The molecule has 0 bridgehead atoms. The van der Waals surface area contributed by atoms with Crippen LogP contribution in [0.2, 0.25) is 0 Å². The summed E-state index contributed by atoms with van der Waals surface area (Å²) in [6.07, 6.45) is -0.293. The third-order valence-corrected chi connectivity index (χ3v) is 3.97. The van der Waals surface area contributed by atoms with Gasteiger partial charge in [-0.3, -0.25) is 10.1 Å². The van der Waals surface area contributed by atoms with Gasteiger partial charge in [0, 0.05) is 12.5 Å². The third kappa shape index (κ3) is 4.41. The monoisotopic (exact) mass is 370 g/mol. The first-order chi connectivity index (χ1) is 13.1. The van der Waals surface area contributed by atoms with Crippen LogP contribution >= 0.6 is 0 Å². The summed E-state index contributed by atoms with van der Waals surface area (Å²) in [6, 6.07) is 13.8. The molecule has 0 aliphatic carbocycles. The molecule has 1 heterocycles. The smallest absolute Gasteiger partial charge is 0.356 e. The van der Waals surface area contributed by atoms with E-state index in [1.165, 1.54) is 6.07 Å². The number of ether oxygens (including phenoxy) is 2. The Morgan fingerprint density at radius 1 is 1.30 bits per heavy atom. The highest BCUT2D eigenvalue weighted by Gasteiger charge is 2.30. The lowest BCUT2D eigenvalue weighted by Gasteiger charge is -2.12. The van der Waals surface area contributed by atoms with Gasteiger partial charge in [0.05, 0.1) is 11.5 Å². The summed E-state index contributed by atoms with van der Waals surface area (Å²) >= 11 is 0. The lowest BCUT2D eigenvalue weighted by atomic mass is 10.0. The normalized spacial score (nSPS) is 15.6. The minimum Gasteiger partial charge on any atom is -0.482 e. The topological polar surface area (TPSA) is 100 Å². The number of carbonyl (C=O) groups excluding carboxylic acids is 1. The van der Waals surface area contributed by atoms with E-state index in [9.17, 15) is 14.9 Å². The molecule has 0 aromatic heterocycles. The molecule has 1 aliphatic rings. The molecule has 0 saturated heterocycles. The average Bonchev–Trinajstić information content (AvgIpc) is 3.17. The van der Waals surface area contributed by atoms with Crippen molar-refractivity contribution in [2.45, 2.75) is 26.1 Å². The summed E-state index contributed by atoms with van der Waals surface area (Å²) in [5, 5.41) is 15.0. The Kier molecular flexibility index (Phi) is 5.65. The van der Waals surface area contributed by atoms with Crippen LogP contribution in [0.1, 0.15) is 30.6 Å². The molecule has 140 valence electrons. The highest BCUT2D eigenvalue weighted by Crippen LogP contribution is 2.35. The number of hydrogen-bond acceptors (Lipinski definition) is 7. The summed E-state index contributed by atoms with van der Waals surface area (Å²) in [5.74, 6) is -0.392. The van der Waals surface area contributed by atoms with Crippen molar-refractivity contribution in [3.8, 4) is 5.75 Å². The zero-order chi connectivity index (χ0) is 19.2. The minimum absolute atomic E-state index is 0.134. The molecule has 1 atom stereocenters. The van der Waals surface area contributed by atoms with Crippen LogP contribution in [0.3, 0.4) is 0 Å². The number of nitrogens with zero attached hydrogens (tertiary/aromatic N) is 2. The average molecular weight is 370 g/mol. The van der Waals surface area contributed by atoms with Gasteiger partial charge in [-0.1, -0.05) is 35.5 Å². The highest BCUT2D eigenvalue weighted by atomic mass is 16.6. The maximum Gasteiger partial charge on any atom is 0.356 e. The van der Waals surface area contributed by atoms with Crippen molar-refractivity contribution in [1.82, 2.24) is 0 Å². The summed E-state index contributed by atoms with van der Waals surface area (Å²) in [6.45, 7) is 2.15. The second kappa shape index (κ2) is 8.31. The number of esters is 1. The predicted molar refractivity (Wildman–Crippen MR) is 96.4 cm³/mol. The zero-order valence-corrected chi connectivity index (χ0v) is 14.7. The Bertz CT molecular complexity index is 866. The summed E-state index contributed by atoms with van der Waals surface area (Å²) in [7, 11) is 0. The predicted octanol–water partition coefficient (Wildman–Crippen LogP) is 3.55. The van der Waals surface area contributed by atoms with Crippen molar-refractivity contribution in [1.29, 1.82) is 0 Å². The molecule has 2 aromatic carbocycles. The Morgan fingerprint density at radius 3 is 2.78 bits per heavy atom. The molecule has 27 heavy (non-hydrogen) atoms. The maximum absolute atomic E-state index is 11.7. The molecular weight excluding hydrogens is 352 g/mol. The Balaban J connectivity index is 1.76. The molecule has 8 heteroatoms. The molecule has 2 aromatic rings. The number of nitro benzene ring substituents is 1. The second-order valence-corrected chi connectivity index (χ2v) is 5.82. The molecule has 1 unspecified atom stereocenters. The lowest BCUT2D eigenvalue weighted by Crippen LogP contribution is -2.16. The van der Waals surface area contributed by atoms with Crippen LogP contribution < -0.4 is 4.74 Å². The van der Waals surface area contributed by atoms with E-state index in [4.69, 9.17) is 14.3 Å². The van der Waals surface area contributed by atoms with Crippen molar-refractivity contribution in [2.24, 2.45) is 5.16 Å². The van der Waals surface area contributed by atoms with Gasteiger partial charge in [-0.15, -0.1) is 0 Å². The van der Waals surface area contributed by atoms with Crippen LogP contribution in [0.15, 0.2) is 53.7 Å². The van der Waals surface area contributed by atoms with Crippen molar-refractivity contribution >= 4 is 17.4 Å². The molecule has 0 fully saturated rings. The van der Waals surface area contributed by atoms with Gasteiger partial charge in [0.1, 0.15) is 6.61 Å². The van der Waals surface area contributed by atoms with Gasteiger partial charge in [-0.05, 0) is 30.2 Å². The number of hydrogen-bond donors (Lipinski definition) is 0. The quantitative estimate of drug-likeness (QED) is 0.420. The molecular formula is C19H18N2O6. The Hall–Kier alpha value is -3.42. The van der Waals surface area contributed by atoms with Gasteiger partial charge < -0.3 is 14.3 Å². The van der Waals surface area contributed by atoms with Crippen LogP contribution in [-0.4, -0.2) is 23.2 Å². The molecule has 0 amide bonds. The SMILES string of the molecule is CCOC(=O)C1=NOC(c2ccc([N+](=O)[O-])c(OCc3ccccc3)c2)C1. The summed E-state index contributed by atoms with van der Waals surface area (Å²) in [4.78, 5) is 27.8. The summed E-state index contributed by atoms with van der Waals surface area (Å²) in [5.41, 5.74) is 1.57. The van der Waals surface area contributed by atoms with Gasteiger partial charge in [0.2, 0.25) is 0 Å². The van der Waals surface area contributed by atoms with Crippen molar-refractivity contribution in [3.05, 3.63) is 69.8 Å².